The lowest BCUT2D eigenvalue weighted by atomic mass is 10.2. The van der Waals surface area contributed by atoms with Crippen molar-refractivity contribution >= 4 is 11.5 Å². The normalized spacial score (nSPS) is 11.1. The Bertz CT molecular complexity index is 430. The molecule has 6 nitrogen and oxygen atoms in total. The Morgan fingerprint density at radius 3 is 2.33 bits per heavy atom. The molecule has 0 unspecified atom stereocenters. The third-order valence-corrected chi connectivity index (χ3v) is 3.43. The van der Waals surface area contributed by atoms with Gasteiger partial charge < -0.3 is 9.80 Å². The van der Waals surface area contributed by atoms with Gasteiger partial charge in [-0.1, -0.05) is 27.7 Å². The number of rotatable bonds is 9. The lowest BCUT2D eigenvalue weighted by Gasteiger charge is -2.28. The van der Waals surface area contributed by atoms with Gasteiger partial charge in [-0.15, -0.1) is 0 Å². The first-order chi connectivity index (χ1) is 9.97. The first-order valence-electron chi connectivity index (χ1n) is 7.55. The molecule has 0 aliphatic rings. The van der Waals surface area contributed by atoms with Gasteiger partial charge in [0.1, 0.15) is 12.0 Å². The molecule has 1 heterocycles. The fourth-order valence-electron chi connectivity index (χ4n) is 2.22. The molecule has 0 amide bonds. The van der Waals surface area contributed by atoms with Gasteiger partial charge in [-0.05, 0) is 25.1 Å². The minimum Gasteiger partial charge on any atom is -0.355 e. The van der Waals surface area contributed by atoms with E-state index in [1.165, 1.54) is 12.3 Å². The van der Waals surface area contributed by atoms with Gasteiger partial charge in [-0.25, -0.2) is 4.98 Å². The van der Waals surface area contributed by atoms with Crippen molar-refractivity contribution in [1.29, 1.82) is 0 Å². The van der Waals surface area contributed by atoms with Crippen LogP contribution in [0.1, 0.15) is 27.7 Å². The molecular formula is C15H26N4O2. The summed E-state index contributed by atoms with van der Waals surface area (Å²) >= 11 is 0. The zero-order chi connectivity index (χ0) is 15.8. The Kier molecular flexibility index (Phi) is 7.08. The van der Waals surface area contributed by atoms with Crippen LogP contribution in [0.3, 0.4) is 0 Å². The SMILES string of the molecule is CCN(CC)CCN(CC(C)C)c1ccc([N+](=O)[O-])cn1. The molecule has 6 heteroatoms. The van der Waals surface area contributed by atoms with Crippen LogP contribution in [0.4, 0.5) is 11.5 Å². The fraction of sp³-hybridized carbons (Fsp3) is 0.667. The highest BCUT2D eigenvalue weighted by atomic mass is 16.6. The molecule has 1 rings (SSSR count). The van der Waals surface area contributed by atoms with E-state index in [4.69, 9.17) is 0 Å². The van der Waals surface area contributed by atoms with Crippen molar-refractivity contribution in [3.63, 3.8) is 0 Å². The molecule has 1 aromatic rings. The summed E-state index contributed by atoms with van der Waals surface area (Å²) in [4.78, 5) is 19.1. The molecule has 0 aliphatic heterocycles. The second-order valence-electron chi connectivity index (χ2n) is 5.50. The van der Waals surface area contributed by atoms with Gasteiger partial charge in [-0.2, -0.15) is 0 Å². The van der Waals surface area contributed by atoms with E-state index in [2.05, 4.69) is 42.5 Å². The van der Waals surface area contributed by atoms with Crippen LogP contribution in [0.15, 0.2) is 18.3 Å². The van der Waals surface area contributed by atoms with Crippen LogP contribution in [0, 0.1) is 16.0 Å². The third-order valence-electron chi connectivity index (χ3n) is 3.43. The molecule has 21 heavy (non-hydrogen) atoms. The molecular weight excluding hydrogens is 268 g/mol. The van der Waals surface area contributed by atoms with Crippen LogP contribution in [0.5, 0.6) is 0 Å². The minimum atomic E-state index is -0.417. The summed E-state index contributed by atoms with van der Waals surface area (Å²) in [5.74, 6) is 1.32. The number of pyridine rings is 1. The molecule has 1 aromatic heterocycles. The number of nitrogens with zero attached hydrogens (tertiary/aromatic N) is 4. The van der Waals surface area contributed by atoms with Gasteiger partial charge >= 0.3 is 0 Å². The van der Waals surface area contributed by atoms with E-state index in [-0.39, 0.29) is 5.69 Å². The molecule has 118 valence electrons. The monoisotopic (exact) mass is 294 g/mol. The molecule has 0 saturated carbocycles. The highest BCUT2D eigenvalue weighted by molar-refractivity contribution is 5.42. The number of hydrogen-bond acceptors (Lipinski definition) is 5. The van der Waals surface area contributed by atoms with Gasteiger partial charge in [0, 0.05) is 25.7 Å². The summed E-state index contributed by atoms with van der Waals surface area (Å²) in [7, 11) is 0. The quantitative estimate of drug-likeness (QED) is 0.517. The van der Waals surface area contributed by atoms with Crippen molar-refractivity contribution in [1.82, 2.24) is 9.88 Å². The lowest BCUT2D eigenvalue weighted by molar-refractivity contribution is -0.385. The van der Waals surface area contributed by atoms with Crippen LogP contribution >= 0.6 is 0 Å². The summed E-state index contributed by atoms with van der Waals surface area (Å²) in [5.41, 5.74) is 0.0342. The zero-order valence-corrected chi connectivity index (χ0v) is 13.5. The van der Waals surface area contributed by atoms with Crippen LogP contribution in [0.2, 0.25) is 0 Å². The van der Waals surface area contributed by atoms with E-state index < -0.39 is 4.92 Å². The Balaban J connectivity index is 2.78. The highest BCUT2D eigenvalue weighted by Gasteiger charge is 2.13. The van der Waals surface area contributed by atoms with Gasteiger partial charge in [-0.3, -0.25) is 10.1 Å². The minimum absolute atomic E-state index is 0.0342. The average Bonchev–Trinajstić information content (AvgIpc) is 2.46. The van der Waals surface area contributed by atoms with E-state index in [0.29, 0.717) is 5.92 Å². The van der Waals surface area contributed by atoms with Crippen LogP contribution in [-0.2, 0) is 0 Å². The zero-order valence-electron chi connectivity index (χ0n) is 13.5. The highest BCUT2D eigenvalue weighted by Crippen LogP contribution is 2.17. The van der Waals surface area contributed by atoms with Crippen LogP contribution in [-0.4, -0.2) is 47.5 Å². The summed E-state index contributed by atoms with van der Waals surface area (Å²) in [6.07, 6.45) is 1.33. The number of hydrogen-bond donors (Lipinski definition) is 0. The fourth-order valence-corrected chi connectivity index (χ4v) is 2.22. The lowest BCUT2D eigenvalue weighted by Crippen LogP contribution is -2.37. The largest absolute Gasteiger partial charge is 0.355 e. The second kappa shape index (κ2) is 8.56. The predicted octanol–water partition coefficient (Wildman–Crippen LogP) is 2.79. The number of aromatic nitrogens is 1. The number of nitro groups is 1. The maximum atomic E-state index is 10.7. The van der Waals surface area contributed by atoms with Crippen molar-refractivity contribution < 1.29 is 4.92 Å². The Morgan fingerprint density at radius 2 is 1.90 bits per heavy atom. The average molecular weight is 294 g/mol. The first kappa shape index (κ1) is 17.4. The summed E-state index contributed by atoms with van der Waals surface area (Å²) in [6, 6.07) is 3.26. The van der Waals surface area contributed by atoms with E-state index >= 15 is 0 Å². The molecule has 0 aromatic carbocycles. The molecule has 0 spiro atoms. The maximum absolute atomic E-state index is 10.7. The van der Waals surface area contributed by atoms with Crippen LogP contribution in [0.25, 0.3) is 0 Å². The molecule has 0 atom stereocenters. The van der Waals surface area contributed by atoms with Crippen molar-refractivity contribution in [2.24, 2.45) is 5.92 Å². The first-order valence-corrected chi connectivity index (χ1v) is 7.55. The Morgan fingerprint density at radius 1 is 1.24 bits per heavy atom. The Labute approximate surface area is 126 Å². The molecule has 0 bridgehead atoms. The van der Waals surface area contributed by atoms with E-state index in [9.17, 15) is 10.1 Å². The molecule has 0 fully saturated rings. The molecule has 0 aliphatic carbocycles. The second-order valence-corrected chi connectivity index (χ2v) is 5.50. The van der Waals surface area contributed by atoms with Crippen molar-refractivity contribution in [2.75, 3.05) is 37.6 Å². The summed E-state index contributed by atoms with van der Waals surface area (Å²) in [6.45, 7) is 13.4. The van der Waals surface area contributed by atoms with E-state index in [0.717, 1.165) is 38.5 Å². The summed E-state index contributed by atoms with van der Waals surface area (Å²) in [5, 5.41) is 10.7. The van der Waals surface area contributed by atoms with Gasteiger partial charge in [0.05, 0.1) is 4.92 Å². The summed E-state index contributed by atoms with van der Waals surface area (Å²) < 4.78 is 0. The van der Waals surface area contributed by atoms with Gasteiger partial charge in [0.2, 0.25) is 0 Å². The van der Waals surface area contributed by atoms with Gasteiger partial charge in [0.15, 0.2) is 0 Å². The smallest absolute Gasteiger partial charge is 0.287 e. The maximum Gasteiger partial charge on any atom is 0.287 e. The third kappa shape index (κ3) is 5.67. The molecule has 0 radical (unpaired) electrons. The standard InChI is InChI=1S/C15H26N4O2/c1-5-17(6-2)9-10-18(12-13(3)4)15-8-7-14(11-16-15)19(20)21/h7-8,11,13H,5-6,9-10,12H2,1-4H3. The molecule has 0 saturated heterocycles. The Hall–Kier alpha value is -1.69. The van der Waals surface area contributed by atoms with Crippen molar-refractivity contribution in [3.8, 4) is 0 Å². The molecule has 0 N–H and O–H groups in total. The van der Waals surface area contributed by atoms with Crippen molar-refractivity contribution in [3.05, 3.63) is 28.4 Å². The number of likely N-dealkylation sites (N-methyl/N-ethyl adjacent to an activating group) is 1. The number of anilines is 1. The van der Waals surface area contributed by atoms with E-state index in [1.807, 2.05) is 0 Å². The predicted molar refractivity (Wildman–Crippen MR) is 85.7 cm³/mol. The van der Waals surface area contributed by atoms with Gasteiger partial charge in [0.25, 0.3) is 5.69 Å². The van der Waals surface area contributed by atoms with Crippen molar-refractivity contribution in [2.45, 2.75) is 27.7 Å². The van der Waals surface area contributed by atoms with E-state index in [1.54, 1.807) is 6.07 Å². The van der Waals surface area contributed by atoms with Crippen LogP contribution < -0.4 is 4.90 Å². The topological polar surface area (TPSA) is 62.5 Å².